The SMILES string of the molecule is C1CCC(=C2CCCNCC2)CC1. The molecule has 0 aromatic carbocycles. The topological polar surface area (TPSA) is 12.0 Å². The number of rotatable bonds is 0. The Bertz CT molecular complexity index is 175. The third kappa shape index (κ3) is 2.57. The van der Waals surface area contributed by atoms with Gasteiger partial charge in [0.2, 0.25) is 0 Å². The second kappa shape index (κ2) is 4.80. The maximum absolute atomic E-state index is 3.48. The summed E-state index contributed by atoms with van der Waals surface area (Å²) in [6.45, 7) is 2.45. The summed E-state index contributed by atoms with van der Waals surface area (Å²) in [5, 5.41) is 3.48. The summed E-state index contributed by atoms with van der Waals surface area (Å²) >= 11 is 0. The van der Waals surface area contributed by atoms with Gasteiger partial charge in [-0.05, 0) is 58.0 Å². The first kappa shape index (κ1) is 9.26. The van der Waals surface area contributed by atoms with Crippen molar-refractivity contribution in [1.29, 1.82) is 0 Å². The second-order valence-corrected chi connectivity index (χ2v) is 4.37. The summed E-state index contributed by atoms with van der Waals surface area (Å²) in [4.78, 5) is 0. The molecule has 0 spiro atoms. The number of hydrogen-bond donors (Lipinski definition) is 1. The van der Waals surface area contributed by atoms with E-state index in [4.69, 9.17) is 0 Å². The minimum Gasteiger partial charge on any atom is -0.316 e. The lowest BCUT2D eigenvalue weighted by atomic mass is 9.88. The first-order valence-corrected chi connectivity index (χ1v) is 5.87. The molecule has 0 aromatic heterocycles. The van der Waals surface area contributed by atoms with Crippen molar-refractivity contribution in [3.63, 3.8) is 0 Å². The maximum Gasteiger partial charge on any atom is -0.00115 e. The van der Waals surface area contributed by atoms with Gasteiger partial charge in [-0.1, -0.05) is 17.6 Å². The molecule has 1 heteroatoms. The molecule has 1 saturated carbocycles. The summed E-state index contributed by atoms with van der Waals surface area (Å²) in [6, 6.07) is 0. The average molecular weight is 179 g/mol. The molecule has 1 aliphatic heterocycles. The summed E-state index contributed by atoms with van der Waals surface area (Å²) in [5.74, 6) is 0. The Balaban J connectivity index is 2.00. The van der Waals surface area contributed by atoms with Gasteiger partial charge in [0, 0.05) is 0 Å². The summed E-state index contributed by atoms with van der Waals surface area (Å²) in [6.07, 6.45) is 11.3. The third-order valence-corrected chi connectivity index (χ3v) is 3.39. The first-order valence-electron chi connectivity index (χ1n) is 5.87. The molecule has 0 amide bonds. The molecule has 13 heavy (non-hydrogen) atoms. The van der Waals surface area contributed by atoms with Crippen LogP contribution in [0.4, 0.5) is 0 Å². The van der Waals surface area contributed by atoms with Crippen LogP contribution >= 0.6 is 0 Å². The zero-order chi connectivity index (χ0) is 8.93. The van der Waals surface area contributed by atoms with E-state index in [1.807, 2.05) is 11.1 Å². The molecule has 2 rings (SSSR count). The number of hydrogen-bond acceptors (Lipinski definition) is 1. The molecule has 1 N–H and O–H groups in total. The quantitative estimate of drug-likeness (QED) is 0.564. The van der Waals surface area contributed by atoms with Crippen molar-refractivity contribution in [2.45, 2.75) is 51.4 Å². The predicted octanol–water partition coefficient (Wildman–Crippen LogP) is 3.02. The monoisotopic (exact) mass is 179 g/mol. The van der Waals surface area contributed by atoms with Crippen LogP contribution in [0.5, 0.6) is 0 Å². The standard InChI is InChI=1S/C12H21N/c1-2-5-11(6-3-1)12-7-4-9-13-10-8-12/h13H,1-10H2. The van der Waals surface area contributed by atoms with E-state index >= 15 is 0 Å². The van der Waals surface area contributed by atoms with Crippen LogP contribution in [0.25, 0.3) is 0 Å². The van der Waals surface area contributed by atoms with Gasteiger partial charge in [-0.25, -0.2) is 0 Å². The Kier molecular flexibility index (Phi) is 3.42. The second-order valence-electron chi connectivity index (χ2n) is 4.37. The molecule has 1 saturated heterocycles. The molecular weight excluding hydrogens is 158 g/mol. The lowest BCUT2D eigenvalue weighted by molar-refractivity contribution is 0.586. The Hall–Kier alpha value is -0.300. The zero-order valence-electron chi connectivity index (χ0n) is 8.57. The maximum atomic E-state index is 3.48. The molecule has 0 bridgehead atoms. The lowest BCUT2D eigenvalue weighted by Gasteiger charge is -2.18. The third-order valence-electron chi connectivity index (χ3n) is 3.39. The molecule has 2 aliphatic rings. The highest BCUT2D eigenvalue weighted by Gasteiger charge is 2.12. The van der Waals surface area contributed by atoms with Crippen LogP contribution in [-0.4, -0.2) is 13.1 Å². The summed E-state index contributed by atoms with van der Waals surface area (Å²) in [7, 11) is 0. The number of allylic oxidation sites excluding steroid dienone is 1. The van der Waals surface area contributed by atoms with Crippen LogP contribution < -0.4 is 5.32 Å². The van der Waals surface area contributed by atoms with Gasteiger partial charge in [0.1, 0.15) is 0 Å². The van der Waals surface area contributed by atoms with Crippen molar-refractivity contribution in [3.05, 3.63) is 11.1 Å². The smallest absolute Gasteiger partial charge is 0.00115 e. The summed E-state index contributed by atoms with van der Waals surface area (Å²) in [5.41, 5.74) is 3.64. The van der Waals surface area contributed by atoms with E-state index in [2.05, 4.69) is 5.32 Å². The van der Waals surface area contributed by atoms with E-state index in [1.165, 1.54) is 64.5 Å². The molecule has 0 aromatic rings. The first-order chi connectivity index (χ1) is 6.47. The molecule has 0 unspecified atom stereocenters. The number of nitrogens with one attached hydrogen (secondary N) is 1. The lowest BCUT2D eigenvalue weighted by Crippen LogP contribution is -2.13. The van der Waals surface area contributed by atoms with Gasteiger partial charge >= 0.3 is 0 Å². The highest BCUT2D eigenvalue weighted by Crippen LogP contribution is 2.29. The van der Waals surface area contributed by atoms with Gasteiger partial charge < -0.3 is 5.32 Å². The fraction of sp³-hybridized carbons (Fsp3) is 0.833. The van der Waals surface area contributed by atoms with Crippen molar-refractivity contribution in [1.82, 2.24) is 5.32 Å². The average Bonchev–Trinajstić information content (AvgIpc) is 2.47. The van der Waals surface area contributed by atoms with E-state index in [-0.39, 0.29) is 0 Å². The molecule has 0 atom stereocenters. The van der Waals surface area contributed by atoms with Gasteiger partial charge in [0.25, 0.3) is 0 Å². The minimum absolute atomic E-state index is 1.22. The predicted molar refractivity (Wildman–Crippen MR) is 56.8 cm³/mol. The van der Waals surface area contributed by atoms with Gasteiger partial charge in [-0.15, -0.1) is 0 Å². The fourth-order valence-electron chi connectivity index (χ4n) is 2.60. The Morgan fingerprint density at radius 2 is 1.31 bits per heavy atom. The fourth-order valence-corrected chi connectivity index (χ4v) is 2.60. The zero-order valence-corrected chi connectivity index (χ0v) is 8.57. The van der Waals surface area contributed by atoms with Gasteiger partial charge in [0.05, 0.1) is 0 Å². The van der Waals surface area contributed by atoms with E-state index < -0.39 is 0 Å². The van der Waals surface area contributed by atoms with Crippen molar-refractivity contribution in [3.8, 4) is 0 Å². The van der Waals surface area contributed by atoms with Crippen LogP contribution in [0.15, 0.2) is 11.1 Å². The van der Waals surface area contributed by atoms with E-state index in [9.17, 15) is 0 Å². The van der Waals surface area contributed by atoms with Gasteiger partial charge in [0.15, 0.2) is 0 Å². The highest BCUT2D eigenvalue weighted by molar-refractivity contribution is 5.16. The van der Waals surface area contributed by atoms with Gasteiger partial charge in [-0.2, -0.15) is 0 Å². The van der Waals surface area contributed by atoms with Crippen molar-refractivity contribution in [2.24, 2.45) is 0 Å². The van der Waals surface area contributed by atoms with E-state index in [0.717, 1.165) is 0 Å². The molecule has 1 nitrogen and oxygen atoms in total. The Labute approximate surface area is 81.6 Å². The van der Waals surface area contributed by atoms with E-state index in [1.54, 1.807) is 0 Å². The molecule has 1 aliphatic carbocycles. The normalized spacial score (nSPS) is 25.8. The van der Waals surface area contributed by atoms with Crippen LogP contribution in [-0.2, 0) is 0 Å². The molecule has 2 fully saturated rings. The van der Waals surface area contributed by atoms with E-state index in [0.29, 0.717) is 0 Å². The van der Waals surface area contributed by atoms with Crippen molar-refractivity contribution in [2.75, 3.05) is 13.1 Å². The molecule has 0 radical (unpaired) electrons. The van der Waals surface area contributed by atoms with Crippen molar-refractivity contribution >= 4 is 0 Å². The van der Waals surface area contributed by atoms with Gasteiger partial charge in [-0.3, -0.25) is 0 Å². The Morgan fingerprint density at radius 3 is 2.15 bits per heavy atom. The minimum atomic E-state index is 1.22. The highest BCUT2D eigenvalue weighted by atomic mass is 14.8. The molecule has 74 valence electrons. The summed E-state index contributed by atoms with van der Waals surface area (Å²) < 4.78 is 0. The largest absolute Gasteiger partial charge is 0.316 e. The van der Waals surface area contributed by atoms with Crippen molar-refractivity contribution < 1.29 is 0 Å². The molecule has 1 heterocycles. The van der Waals surface area contributed by atoms with Crippen LogP contribution in [0, 0.1) is 0 Å². The molecular formula is C12H21N. The van der Waals surface area contributed by atoms with Crippen LogP contribution in [0.2, 0.25) is 0 Å². The Morgan fingerprint density at radius 1 is 0.615 bits per heavy atom. The van der Waals surface area contributed by atoms with Crippen LogP contribution in [0.1, 0.15) is 51.4 Å². The van der Waals surface area contributed by atoms with Crippen LogP contribution in [0.3, 0.4) is 0 Å².